The maximum absolute atomic E-state index is 3.89. The van der Waals surface area contributed by atoms with Crippen LogP contribution in [0.4, 0.5) is 0 Å². The number of rotatable bonds is 2. The lowest BCUT2D eigenvalue weighted by Gasteiger charge is -2.66. The first-order valence-electron chi connectivity index (χ1n) is 7.63. The highest BCUT2D eigenvalue weighted by Crippen LogP contribution is 2.66. The van der Waals surface area contributed by atoms with Crippen LogP contribution in [0, 0.1) is 22.7 Å². The van der Waals surface area contributed by atoms with Gasteiger partial charge in [0.25, 0.3) is 0 Å². The third kappa shape index (κ3) is 1.69. The second-order valence-electron chi connectivity index (χ2n) is 8.30. The summed E-state index contributed by atoms with van der Waals surface area (Å²) in [6.07, 6.45) is 8.94. The van der Waals surface area contributed by atoms with Gasteiger partial charge in [-0.3, -0.25) is 0 Å². The quantitative estimate of drug-likeness (QED) is 0.763. The van der Waals surface area contributed by atoms with E-state index in [1.54, 1.807) is 0 Å². The Kier molecular flexibility index (Phi) is 2.47. The standard InChI is InChI=1S/C16H29N/c1-5-17-16-9-12-6-13(10-16)8-15(7-12,11-16)14(2,3)4/h12-13,17H,5-11H2,1-4H3. The summed E-state index contributed by atoms with van der Waals surface area (Å²) in [6.45, 7) is 10.9. The van der Waals surface area contributed by atoms with Crippen LogP contribution in [0.5, 0.6) is 0 Å². The SMILES string of the molecule is CCNC12CC3CC(C1)CC(C(C)(C)C)(C3)C2. The monoisotopic (exact) mass is 235 g/mol. The van der Waals surface area contributed by atoms with Crippen molar-refractivity contribution in [2.75, 3.05) is 6.54 Å². The van der Waals surface area contributed by atoms with Gasteiger partial charge >= 0.3 is 0 Å². The van der Waals surface area contributed by atoms with Crippen molar-refractivity contribution in [1.82, 2.24) is 5.32 Å². The molecule has 2 unspecified atom stereocenters. The molecule has 0 radical (unpaired) electrons. The highest BCUT2D eigenvalue weighted by atomic mass is 15.0. The average Bonchev–Trinajstić information content (AvgIpc) is 2.12. The molecule has 1 heteroatoms. The molecule has 4 bridgehead atoms. The van der Waals surface area contributed by atoms with Gasteiger partial charge in [-0.15, -0.1) is 0 Å². The Labute approximate surface area is 107 Å². The molecule has 4 aliphatic carbocycles. The molecule has 1 N–H and O–H groups in total. The maximum atomic E-state index is 3.89. The Morgan fingerprint density at radius 3 is 2.12 bits per heavy atom. The minimum absolute atomic E-state index is 0.491. The van der Waals surface area contributed by atoms with Crippen LogP contribution >= 0.6 is 0 Å². The van der Waals surface area contributed by atoms with E-state index in [-0.39, 0.29) is 0 Å². The summed E-state index contributed by atoms with van der Waals surface area (Å²) < 4.78 is 0. The van der Waals surface area contributed by atoms with Crippen molar-refractivity contribution in [2.45, 2.75) is 71.8 Å². The fourth-order valence-electron chi connectivity index (χ4n) is 5.72. The largest absolute Gasteiger partial charge is 0.311 e. The molecule has 0 aliphatic heterocycles. The van der Waals surface area contributed by atoms with E-state index in [0.29, 0.717) is 16.4 Å². The van der Waals surface area contributed by atoms with E-state index in [4.69, 9.17) is 0 Å². The maximum Gasteiger partial charge on any atom is 0.0192 e. The Bertz CT molecular complexity index is 298. The van der Waals surface area contributed by atoms with Gasteiger partial charge in [-0.1, -0.05) is 27.7 Å². The lowest BCUT2D eigenvalue weighted by molar-refractivity contribution is -0.133. The van der Waals surface area contributed by atoms with Gasteiger partial charge in [0.15, 0.2) is 0 Å². The van der Waals surface area contributed by atoms with E-state index in [2.05, 4.69) is 33.0 Å². The molecule has 1 nitrogen and oxygen atoms in total. The van der Waals surface area contributed by atoms with Gasteiger partial charge in [0.1, 0.15) is 0 Å². The molecule has 0 spiro atoms. The zero-order valence-corrected chi connectivity index (χ0v) is 12.1. The van der Waals surface area contributed by atoms with E-state index in [1.165, 1.54) is 38.5 Å². The van der Waals surface area contributed by atoms with Crippen LogP contribution in [0.1, 0.15) is 66.2 Å². The molecular formula is C16H29N. The minimum Gasteiger partial charge on any atom is -0.311 e. The molecule has 0 saturated heterocycles. The molecule has 4 aliphatic rings. The van der Waals surface area contributed by atoms with E-state index in [1.807, 2.05) is 0 Å². The third-order valence-corrected chi connectivity index (χ3v) is 6.20. The van der Waals surface area contributed by atoms with Gasteiger partial charge < -0.3 is 5.32 Å². The first kappa shape index (κ1) is 12.0. The van der Waals surface area contributed by atoms with Crippen molar-refractivity contribution in [3.05, 3.63) is 0 Å². The fourth-order valence-corrected chi connectivity index (χ4v) is 5.72. The van der Waals surface area contributed by atoms with Gasteiger partial charge in [-0.05, 0) is 67.7 Å². The van der Waals surface area contributed by atoms with Crippen LogP contribution in [0.15, 0.2) is 0 Å². The highest BCUT2D eigenvalue weighted by Gasteiger charge is 2.60. The molecule has 0 heterocycles. The zero-order valence-electron chi connectivity index (χ0n) is 12.1. The van der Waals surface area contributed by atoms with Crippen LogP contribution in [-0.4, -0.2) is 12.1 Å². The molecule has 0 aromatic heterocycles. The predicted molar refractivity (Wildman–Crippen MR) is 73.0 cm³/mol. The van der Waals surface area contributed by atoms with Crippen molar-refractivity contribution in [2.24, 2.45) is 22.7 Å². The Balaban J connectivity index is 1.94. The molecular weight excluding hydrogens is 206 g/mol. The lowest BCUT2D eigenvalue weighted by Crippen LogP contribution is -2.64. The van der Waals surface area contributed by atoms with E-state index in [9.17, 15) is 0 Å². The lowest BCUT2D eigenvalue weighted by atomic mass is 9.41. The summed E-state index contributed by atoms with van der Waals surface area (Å²) in [4.78, 5) is 0. The van der Waals surface area contributed by atoms with Gasteiger partial charge in [0.05, 0.1) is 0 Å². The summed E-state index contributed by atoms with van der Waals surface area (Å²) in [7, 11) is 0. The highest BCUT2D eigenvalue weighted by molar-refractivity contribution is 5.14. The summed E-state index contributed by atoms with van der Waals surface area (Å²) in [5, 5.41) is 3.89. The minimum atomic E-state index is 0.491. The molecule has 17 heavy (non-hydrogen) atoms. The number of nitrogens with one attached hydrogen (secondary N) is 1. The van der Waals surface area contributed by atoms with E-state index >= 15 is 0 Å². The van der Waals surface area contributed by atoms with Gasteiger partial charge in [-0.25, -0.2) is 0 Å². The molecule has 4 rings (SSSR count). The topological polar surface area (TPSA) is 12.0 Å². The van der Waals surface area contributed by atoms with Gasteiger partial charge in [0, 0.05) is 5.54 Å². The molecule has 98 valence electrons. The average molecular weight is 235 g/mol. The van der Waals surface area contributed by atoms with Gasteiger partial charge in [-0.2, -0.15) is 0 Å². The van der Waals surface area contributed by atoms with E-state index < -0.39 is 0 Å². The number of hydrogen-bond donors (Lipinski definition) is 1. The molecule has 0 aromatic rings. The first-order valence-corrected chi connectivity index (χ1v) is 7.63. The van der Waals surface area contributed by atoms with Crippen LogP contribution in [-0.2, 0) is 0 Å². The normalized spacial score (nSPS) is 48.7. The Morgan fingerprint density at radius 1 is 1.06 bits per heavy atom. The summed E-state index contributed by atoms with van der Waals surface area (Å²) in [5.41, 5.74) is 1.65. The second kappa shape index (κ2) is 3.50. The van der Waals surface area contributed by atoms with E-state index in [0.717, 1.165) is 18.4 Å². The second-order valence-corrected chi connectivity index (χ2v) is 8.30. The van der Waals surface area contributed by atoms with Gasteiger partial charge in [0.2, 0.25) is 0 Å². The Morgan fingerprint density at radius 2 is 1.65 bits per heavy atom. The smallest absolute Gasteiger partial charge is 0.0192 e. The predicted octanol–water partition coefficient (Wildman–Crippen LogP) is 3.98. The third-order valence-electron chi connectivity index (χ3n) is 6.20. The number of hydrogen-bond acceptors (Lipinski definition) is 1. The summed E-state index contributed by atoms with van der Waals surface area (Å²) in [6, 6.07) is 0. The van der Waals surface area contributed by atoms with Crippen molar-refractivity contribution in [1.29, 1.82) is 0 Å². The van der Waals surface area contributed by atoms with Crippen molar-refractivity contribution >= 4 is 0 Å². The van der Waals surface area contributed by atoms with Crippen molar-refractivity contribution in [3.8, 4) is 0 Å². The molecule has 0 aromatic carbocycles. The zero-order chi connectivity index (χ0) is 12.3. The van der Waals surface area contributed by atoms with Crippen molar-refractivity contribution < 1.29 is 0 Å². The van der Waals surface area contributed by atoms with Crippen LogP contribution in [0.25, 0.3) is 0 Å². The summed E-state index contributed by atoms with van der Waals surface area (Å²) in [5.74, 6) is 2.05. The molecule has 2 atom stereocenters. The molecule has 0 amide bonds. The van der Waals surface area contributed by atoms with Crippen molar-refractivity contribution in [3.63, 3.8) is 0 Å². The Hall–Kier alpha value is -0.0400. The molecule has 4 fully saturated rings. The fraction of sp³-hybridized carbons (Fsp3) is 1.00. The van der Waals surface area contributed by atoms with Crippen LogP contribution < -0.4 is 5.32 Å². The van der Waals surface area contributed by atoms with Crippen LogP contribution in [0.3, 0.4) is 0 Å². The molecule has 4 saturated carbocycles. The summed E-state index contributed by atoms with van der Waals surface area (Å²) >= 11 is 0. The first-order chi connectivity index (χ1) is 7.88. The van der Waals surface area contributed by atoms with Crippen LogP contribution in [0.2, 0.25) is 0 Å².